The van der Waals surface area contributed by atoms with E-state index < -0.39 is 0 Å². The lowest BCUT2D eigenvalue weighted by Crippen LogP contribution is -2.42. The van der Waals surface area contributed by atoms with Crippen molar-refractivity contribution in [2.24, 2.45) is 5.10 Å². The van der Waals surface area contributed by atoms with Crippen molar-refractivity contribution in [2.75, 3.05) is 32.8 Å². The van der Waals surface area contributed by atoms with Crippen LogP contribution in [0.15, 0.2) is 58.1 Å². The van der Waals surface area contributed by atoms with E-state index in [0.29, 0.717) is 32.1 Å². The van der Waals surface area contributed by atoms with Crippen LogP contribution in [0.4, 0.5) is 0 Å². The molecule has 3 rings (SSSR count). The molecule has 1 saturated heterocycles. The van der Waals surface area contributed by atoms with E-state index in [2.05, 4.69) is 26.5 Å². The summed E-state index contributed by atoms with van der Waals surface area (Å²) in [6.45, 7) is 3.64. The van der Waals surface area contributed by atoms with Crippen LogP contribution in [-0.4, -0.2) is 49.9 Å². The Labute approximate surface area is 167 Å². The minimum absolute atomic E-state index is 0.144. The van der Waals surface area contributed by atoms with Gasteiger partial charge in [-0.1, -0.05) is 46.3 Å². The zero-order chi connectivity index (χ0) is 18.9. The molecule has 0 bridgehead atoms. The standard InChI is InChI=1S/C20H22BrN3O3/c21-18-6-7-19(27-15-16-4-2-1-3-5-16)17(12-18)13-22-23-20(25)14-24-8-10-26-11-9-24/h1-7,12-13H,8-11,14-15H2,(H,23,25)/b22-13-. The molecule has 2 aromatic rings. The van der Waals surface area contributed by atoms with Crippen molar-refractivity contribution in [1.82, 2.24) is 10.3 Å². The molecule has 142 valence electrons. The fourth-order valence-corrected chi connectivity index (χ4v) is 3.04. The fourth-order valence-electron chi connectivity index (χ4n) is 2.66. The molecule has 6 nitrogen and oxygen atoms in total. The topological polar surface area (TPSA) is 63.2 Å². The second kappa shape index (κ2) is 10.2. The van der Waals surface area contributed by atoms with Crippen LogP contribution in [0.1, 0.15) is 11.1 Å². The van der Waals surface area contributed by atoms with Gasteiger partial charge in [-0.15, -0.1) is 0 Å². The number of hydrogen-bond donors (Lipinski definition) is 1. The van der Waals surface area contributed by atoms with Gasteiger partial charge in [0.1, 0.15) is 12.4 Å². The number of benzene rings is 2. The Balaban J connectivity index is 1.57. The molecule has 1 N–H and O–H groups in total. The van der Waals surface area contributed by atoms with Gasteiger partial charge < -0.3 is 9.47 Å². The van der Waals surface area contributed by atoms with Crippen molar-refractivity contribution in [3.8, 4) is 5.75 Å². The minimum atomic E-state index is -0.144. The number of morpholine rings is 1. The van der Waals surface area contributed by atoms with Gasteiger partial charge in [-0.3, -0.25) is 9.69 Å². The summed E-state index contributed by atoms with van der Waals surface area (Å²) >= 11 is 3.46. The van der Waals surface area contributed by atoms with Gasteiger partial charge in [0.15, 0.2) is 0 Å². The van der Waals surface area contributed by atoms with Crippen LogP contribution in [0.5, 0.6) is 5.75 Å². The predicted octanol–water partition coefficient (Wildman–Crippen LogP) is 2.81. The molecule has 2 aromatic carbocycles. The van der Waals surface area contributed by atoms with Crippen LogP contribution >= 0.6 is 15.9 Å². The summed E-state index contributed by atoms with van der Waals surface area (Å²) in [6, 6.07) is 15.6. The van der Waals surface area contributed by atoms with Crippen molar-refractivity contribution in [3.05, 3.63) is 64.1 Å². The van der Waals surface area contributed by atoms with Crippen molar-refractivity contribution in [1.29, 1.82) is 0 Å². The van der Waals surface area contributed by atoms with Crippen molar-refractivity contribution in [2.45, 2.75) is 6.61 Å². The van der Waals surface area contributed by atoms with E-state index in [1.807, 2.05) is 53.4 Å². The molecule has 0 atom stereocenters. The number of carbonyl (C=O) groups excluding carboxylic acids is 1. The highest BCUT2D eigenvalue weighted by molar-refractivity contribution is 9.10. The first-order valence-corrected chi connectivity index (χ1v) is 9.58. The molecular weight excluding hydrogens is 410 g/mol. The van der Waals surface area contributed by atoms with Crippen molar-refractivity contribution in [3.63, 3.8) is 0 Å². The number of nitrogens with one attached hydrogen (secondary N) is 1. The quantitative estimate of drug-likeness (QED) is 0.540. The molecule has 1 fully saturated rings. The highest BCUT2D eigenvalue weighted by Crippen LogP contribution is 2.22. The average Bonchev–Trinajstić information content (AvgIpc) is 2.69. The highest BCUT2D eigenvalue weighted by atomic mass is 79.9. The monoisotopic (exact) mass is 431 g/mol. The number of carbonyl (C=O) groups is 1. The maximum absolute atomic E-state index is 12.0. The summed E-state index contributed by atoms with van der Waals surface area (Å²) in [4.78, 5) is 14.1. The van der Waals surface area contributed by atoms with Crippen molar-refractivity contribution >= 4 is 28.1 Å². The van der Waals surface area contributed by atoms with Crippen molar-refractivity contribution < 1.29 is 14.3 Å². The minimum Gasteiger partial charge on any atom is -0.488 e. The number of hydrazone groups is 1. The maximum atomic E-state index is 12.0. The van der Waals surface area contributed by atoms with E-state index in [0.717, 1.165) is 28.7 Å². The van der Waals surface area contributed by atoms with Crippen LogP contribution in [0, 0.1) is 0 Å². The molecule has 0 unspecified atom stereocenters. The van der Waals surface area contributed by atoms with Gasteiger partial charge in [0, 0.05) is 23.1 Å². The summed E-state index contributed by atoms with van der Waals surface area (Å²) in [5.74, 6) is 0.558. The van der Waals surface area contributed by atoms with E-state index in [1.165, 1.54) is 0 Å². The molecule has 0 radical (unpaired) electrons. The largest absolute Gasteiger partial charge is 0.488 e. The number of hydrogen-bond acceptors (Lipinski definition) is 5. The van der Waals surface area contributed by atoms with E-state index in [-0.39, 0.29) is 5.91 Å². The second-order valence-corrected chi connectivity index (χ2v) is 7.05. The van der Waals surface area contributed by atoms with Crippen LogP contribution < -0.4 is 10.2 Å². The third kappa shape index (κ3) is 6.46. The Bertz CT molecular complexity index is 777. The number of halogens is 1. The first-order valence-electron chi connectivity index (χ1n) is 8.79. The summed E-state index contributed by atoms with van der Waals surface area (Å²) in [5.41, 5.74) is 4.45. The van der Waals surface area contributed by atoms with E-state index in [4.69, 9.17) is 9.47 Å². The van der Waals surface area contributed by atoms with Gasteiger partial charge in [-0.05, 0) is 23.8 Å². The van der Waals surface area contributed by atoms with Crippen LogP contribution in [0.2, 0.25) is 0 Å². The Hall–Kier alpha value is -2.22. The number of nitrogens with zero attached hydrogens (tertiary/aromatic N) is 2. The predicted molar refractivity (Wildman–Crippen MR) is 108 cm³/mol. The number of rotatable bonds is 7. The molecule has 0 spiro atoms. The Morgan fingerprint density at radius 3 is 2.78 bits per heavy atom. The summed E-state index contributed by atoms with van der Waals surface area (Å²) < 4.78 is 12.1. The van der Waals surface area contributed by atoms with Gasteiger partial charge in [0.2, 0.25) is 0 Å². The molecule has 0 saturated carbocycles. The average molecular weight is 432 g/mol. The van der Waals surface area contributed by atoms with E-state index in [9.17, 15) is 4.79 Å². The molecule has 0 aliphatic carbocycles. The third-order valence-corrected chi connectivity index (χ3v) is 4.57. The lowest BCUT2D eigenvalue weighted by molar-refractivity contribution is -0.123. The van der Waals surface area contributed by atoms with Gasteiger partial charge >= 0.3 is 0 Å². The molecule has 1 aliphatic heterocycles. The molecule has 0 aromatic heterocycles. The molecule has 1 heterocycles. The maximum Gasteiger partial charge on any atom is 0.254 e. The Morgan fingerprint density at radius 2 is 2.00 bits per heavy atom. The third-order valence-electron chi connectivity index (χ3n) is 4.07. The smallest absolute Gasteiger partial charge is 0.254 e. The fraction of sp³-hybridized carbons (Fsp3) is 0.300. The second-order valence-electron chi connectivity index (χ2n) is 6.14. The van der Waals surface area contributed by atoms with E-state index in [1.54, 1.807) is 6.21 Å². The molecule has 27 heavy (non-hydrogen) atoms. The Kier molecular flexibility index (Phi) is 7.38. The summed E-state index contributed by atoms with van der Waals surface area (Å²) in [7, 11) is 0. The van der Waals surface area contributed by atoms with Gasteiger partial charge in [-0.25, -0.2) is 5.43 Å². The van der Waals surface area contributed by atoms with Crippen LogP contribution in [0.3, 0.4) is 0 Å². The zero-order valence-electron chi connectivity index (χ0n) is 14.9. The molecule has 1 amide bonds. The molecule has 1 aliphatic rings. The number of ether oxygens (including phenoxy) is 2. The lowest BCUT2D eigenvalue weighted by Gasteiger charge is -2.25. The molecule has 7 heteroatoms. The van der Waals surface area contributed by atoms with Gasteiger partial charge in [0.25, 0.3) is 5.91 Å². The van der Waals surface area contributed by atoms with E-state index >= 15 is 0 Å². The Morgan fingerprint density at radius 1 is 1.22 bits per heavy atom. The zero-order valence-corrected chi connectivity index (χ0v) is 16.5. The lowest BCUT2D eigenvalue weighted by atomic mass is 10.2. The van der Waals surface area contributed by atoms with Gasteiger partial charge in [0.05, 0.1) is 26.0 Å². The normalized spacial score (nSPS) is 15.0. The summed E-state index contributed by atoms with van der Waals surface area (Å²) in [5, 5.41) is 4.08. The van der Waals surface area contributed by atoms with Crippen LogP contribution in [0.25, 0.3) is 0 Å². The highest BCUT2D eigenvalue weighted by Gasteiger charge is 2.13. The SMILES string of the molecule is O=C(CN1CCOCC1)N/N=C\c1cc(Br)ccc1OCc1ccccc1. The first-order chi connectivity index (χ1) is 13.2. The molecular formula is C20H22BrN3O3. The number of amides is 1. The van der Waals surface area contributed by atoms with Crippen LogP contribution in [-0.2, 0) is 16.1 Å². The van der Waals surface area contributed by atoms with Gasteiger partial charge in [-0.2, -0.15) is 5.10 Å². The first kappa shape index (κ1) is 19.5. The summed E-state index contributed by atoms with van der Waals surface area (Å²) in [6.07, 6.45) is 1.60.